The Morgan fingerprint density at radius 3 is 2.49 bits per heavy atom. The van der Waals surface area contributed by atoms with Crippen LogP contribution >= 0.6 is 0 Å². The highest BCUT2D eigenvalue weighted by Gasteiger charge is 2.41. The number of morpholine rings is 1. The average molecular weight is 490 g/mol. The van der Waals surface area contributed by atoms with E-state index in [1.165, 1.54) is 12.1 Å². The quantitative estimate of drug-likeness (QED) is 0.573. The van der Waals surface area contributed by atoms with Crippen molar-refractivity contribution in [3.05, 3.63) is 35.6 Å². The molecule has 0 radical (unpaired) electrons. The van der Waals surface area contributed by atoms with Gasteiger partial charge in [-0.1, -0.05) is 12.1 Å². The van der Waals surface area contributed by atoms with Crippen molar-refractivity contribution >= 4 is 11.8 Å². The minimum Gasteiger partial charge on any atom is -0.379 e. The van der Waals surface area contributed by atoms with Gasteiger partial charge in [0.25, 0.3) is 0 Å². The average Bonchev–Trinajstić information content (AvgIpc) is 3.31. The van der Waals surface area contributed by atoms with Gasteiger partial charge >= 0.3 is 0 Å². The summed E-state index contributed by atoms with van der Waals surface area (Å²) in [7, 11) is 0. The number of likely N-dealkylation sites (tertiary alicyclic amines) is 1. The molecule has 0 bridgehead atoms. The molecule has 3 aliphatic rings. The van der Waals surface area contributed by atoms with Gasteiger partial charge in [0, 0.05) is 64.3 Å². The zero-order chi connectivity index (χ0) is 24.8. The Hall–Kier alpha value is -2.07. The number of carbonyl (C=O) groups excluding carboxylic acids is 2. The van der Waals surface area contributed by atoms with E-state index in [0.717, 1.165) is 70.6 Å². The monoisotopic (exact) mass is 489 g/mol. The molecular weight excluding hydrogens is 449 g/mol. The second-order valence-corrected chi connectivity index (χ2v) is 10.2. The van der Waals surface area contributed by atoms with Crippen LogP contribution in [0.3, 0.4) is 0 Å². The highest BCUT2D eigenvalue weighted by Crippen LogP contribution is 2.26. The smallest absolute Gasteiger partial charge is 0.243 e. The normalized spacial score (nSPS) is 27.8. The predicted octanol–water partition coefficient (Wildman–Crippen LogP) is 1.34. The number of rotatable bonds is 8. The maximum Gasteiger partial charge on any atom is 0.243 e. The molecule has 2 saturated heterocycles. The summed E-state index contributed by atoms with van der Waals surface area (Å²) in [6.07, 6.45) is 4.21. The van der Waals surface area contributed by atoms with E-state index in [1.807, 2.05) is 12.1 Å². The molecule has 8 nitrogen and oxygen atoms in total. The van der Waals surface area contributed by atoms with Crippen LogP contribution in [0.2, 0.25) is 0 Å². The van der Waals surface area contributed by atoms with E-state index in [0.29, 0.717) is 19.5 Å². The molecule has 3 N–H and O–H groups in total. The van der Waals surface area contributed by atoms with Crippen LogP contribution in [0.4, 0.5) is 4.39 Å². The van der Waals surface area contributed by atoms with E-state index in [1.54, 1.807) is 11.8 Å². The van der Waals surface area contributed by atoms with E-state index >= 15 is 0 Å². The number of ether oxygens (including phenoxy) is 1. The molecular formula is C26H40FN5O3. The maximum absolute atomic E-state index is 13.5. The summed E-state index contributed by atoms with van der Waals surface area (Å²) >= 11 is 0. The molecule has 1 aromatic carbocycles. The Morgan fingerprint density at radius 2 is 1.83 bits per heavy atom. The summed E-state index contributed by atoms with van der Waals surface area (Å²) in [5, 5.41) is 3.19. The molecule has 2 heterocycles. The van der Waals surface area contributed by atoms with E-state index in [9.17, 15) is 14.0 Å². The molecule has 4 rings (SSSR count). The minimum atomic E-state index is -0.466. The molecule has 194 valence electrons. The number of nitrogens with zero attached hydrogens (tertiary/aromatic N) is 3. The summed E-state index contributed by atoms with van der Waals surface area (Å²) in [5.74, 6) is -0.385. The molecule has 0 spiro atoms. The Bertz CT molecular complexity index is 840. The number of nitrogens with one attached hydrogen (secondary N) is 1. The lowest BCUT2D eigenvalue weighted by Crippen LogP contribution is -2.49. The first-order chi connectivity index (χ1) is 16.9. The van der Waals surface area contributed by atoms with Gasteiger partial charge < -0.3 is 20.7 Å². The van der Waals surface area contributed by atoms with E-state index < -0.39 is 6.04 Å². The lowest BCUT2D eigenvalue weighted by molar-refractivity contribution is -0.137. The molecule has 1 aliphatic carbocycles. The van der Waals surface area contributed by atoms with Crippen molar-refractivity contribution in [1.29, 1.82) is 0 Å². The second-order valence-electron chi connectivity index (χ2n) is 10.2. The molecule has 0 aromatic heterocycles. The fraction of sp³-hybridized carbons (Fsp3) is 0.692. The molecule has 1 saturated carbocycles. The van der Waals surface area contributed by atoms with Gasteiger partial charge in [-0.2, -0.15) is 0 Å². The van der Waals surface area contributed by atoms with E-state index in [4.69, 9.17) is 10.5 Å². The van der Waals surface area contributed by atoms with Gasteiger partial charge in [0.2, 0.25) is 11.8 Å². The van der Waals surface area contributed by atoms with Crippen molar-refractivity contribution in [3.8, 4) is 0 Å². The summed E-state index contributed by atoms with van der Waals surface area (Å²) < 4.78 is 19.0. The van der Waals surface area contributed by atoms with Crippen LogP contribution in [-0.4, -0.2) is 96.6 Å². The highest BCUT2D eigenvalue weighted by atomic mass is 19.1. The van der Waals surface area contributed by atoms with Gasteiger partial charge in [-0.25, -0.2) is 4.39 Å². The zero-order valence-corrected chi connectivity index (χ0v) is 20.8. The van der Waals surface area contributed by atoms with Crippen molar-refractivity contribution in [2.24, 2.45) is 5.73 Å². The second kappa shape index (κ2) is 12.3. The molecule has 2 atom stereocenters. The van der Waals surface area contributed by atoms with Gasteiger partial charge in [-0.15, -0.1) is 0 Å². The third-order valence-corrected chi connectivity index (χ3v) is 7.73. The van der Waals surface area contributed by atoms with Gasteiger partial charge in [0.05, 0.1) is 13.2 Å². The number of nitrogens with two attached hydrogens (primary N) is 1. The van der Waals surface area contributed by atoms with Crippen molar-refractivity contribution in [2.75, 3.05) is 45.9 Å². The Labute approximate surface area is 207 Å². The first-order valence-electron chi connectivity index (χ1n) is 13.0. The number of hydrogen-bond donors (Lipinski definition) is 2. The van der Waals surface area contributed by atoms with Crippen LogP contribution in [0.1, 0.15) is 44.6 Å². The summed E-state index contributed by atoms with van der Waals surface area (Å²) in [6.45, 7) is 7.71. The molecule has 9 heteroatoms. The molecule has 2 unspecified atom stereocenters. The van der Waals surface area contributed by atoms with Crippen molar-refractivity contribution in [3.63, 3.8) is 0 Å². The molecule has 2 aliphatic heterocycles. The van der Waals surface area contributed by atoms with Gasteiger partial charge in [0.1, 0.15) is 11.9 Å². The molecule has 2 amide bonds. The molecule has 3 fully saturated rings. The SMILES string of the molecule is CC(=O)N1CC(N(CCN2CCOCC2)Cc2ccc(F)cc2)CC1C(=O)NC1CCC(N)CC1. The number of halogens is 1. The van der Waals surface area contributed by atoms with Crippen molar-refractivity contribution < 1.29 is 18.7 Å². The fourth-order valence-electron chi connectivity index (χ4n) is 5.55. The van der Waals surface area contributed by atoms with Crippen LogP contribution < -0.4 is 11.1 Å². The largest absolute Gasteiger partial charge is 0.379 e. The first-order valence-corrected chi connectivity index (χ1v) is 13.0. The Balaban J connectivity index is 1.44. The fourth-order valence-corrected chi connectivity index (χ4v) is 5.55. The van der Waals surface area contributed by atoms with Crippen molar-refractivity contribution in [1.82, 2.24) is 20.0 Å². The first kappa shape index (κ1) is 26.0. The lowest BCUT2D eigenvalue weighted by atomic mass is 9.91. The van der Waals surface area contributed by atoms with Gasteiger partial charge in [0.15, 0.2) is 0 Å². The number of benzene rings is 1. The van der Waals surface area contributed by atoms with Crippen LogP contribution in [0, 0.1) is 5.82 Å². The number of amides is 2. The predicted molar refractivity (Wildman–Crippen MR) is 132 cm³/mol. The van der Waals surface area contributed by atoms with E-state index in [2.05, 4.69) is 15.1 Å². The zero-order valence-electron chi connectivity index (χ0n) is 20.8. The molecule has 35 heavy (non-hydrogen) atoms. The maximum atomic E-state index is 13.5. The topological polar surface area (TPSA) is 91.1 Å². The Morgan fingerprint density at radius 1 is 1.14 bits per heavy atom. The third-order valence-electron chi connectivity index (χ3n) is 7.73. The number of hydrogen-bond acceptors (Lipinski definition) is 6. The van der Waals surface area contributed by atoms with Crippen LogP contribution in [0.5, 0.6) is 0 Å². The van der Waals surface area contributed by atoms with Crippen LogP contribution in [0.15, 0.2) is 24.3 Å². The lowest BCUT2D eigenvalue weighted by Gasteiger charge is -2.33. The Kier molecular flexibility index (Phi) is 9.10. The minimum absolute atomic E-state index is 0.0560. The van der Waals surface area contributed by atoms with Crippen LogP contribution in [-0.2, 0) is 20.9 Å². The van der Waals surface area contributed by atoms with E-state index in [-0.39, 0.29) is 35.8 Å². The third kappa shape index (κ3) is 7.22. The summed E-state index contributed by atoms with van der Waals surface area (Å²) in [6, 6.07) is 6.54. The standard InChI is InChI=1S/C26H40FN5O3/c1-19(33)32-18-24(16-25(32)26(34)29-23-8-6-22(28)7-9-23)31(11-10-30-12-14-35-15-13-30)17-20-2-4-21(27)5-3-20/h2-5,22-25H,6-18,28H2,1H3,(H,29,34). The van der Waals surface area contributed by atoms with Gasteiger partial charge in [-0.05, 0) is 49.8 Å². The highest BCUT2D eigenvalue weighted by molar-refractivity contribution is 5.87. The summed E-state index contributed by atoms with van der Waals surface area (Å²) in [4.78, 5) is 32.2. The molecule has 1 aromatic rings. The summed E-state index contributed by atoms with van der Waals surface area (Å²) in [5.41, 5.74) is 7.04. The van der Waals surface area contributed by atoms with Crippen LogP contribution in [0.25, 0.3) is 0 Å². The number of carbonyl (C=O) groups is 2. The van der Waals surface area contributed by atoms with Gasteiger partial charge in [-0.3, -0.25) is 19.4 Å². The van der Waals surface area contributed by atoms with Crippen molar-refractivity contribution in [2.45, 2.75) is 69.7 Å².